The van der Waals surface area contributed by atoms with E-state index < -0.39 is 0 Å². The van der Waals surface area contributed by atoms with Crippen LogP contribution in [0.3, 0.4) is 0 Å². The minimum absolute atomic E-state index is 0.130. The monoisotopic (exact) mass is 248 g/mol. The van der Waals surface area contributed by atoms with Gasteiger partial charge in [0.2, 0.25) is 0 Å². The second kappa shape index (κ2) is 6.91. The molecule has 0 saturated heterocycles. The maximum absolute atomic E-state index is 10.6. The van der Waals surface area contributed by atoms with Crippen molar-refractivity contribution in [2.45, 2.75) is 20.8 Å². The molecular formula is C14H20N2O2. The molecule has 0 aromatic heterocycles. The van der Waals surface area contributed by atoms with E-state index >= 15 is 0 Å². The summed E-state index contributed by atoms with van der Waals surface area (Å²) in [6.45, 7) is 8.16. The Morgan fingerprint density at radius 3 is 2.44 bits per heavy atom. The molecular weight excluding hydrogens is 228 g/mol. The Hall–Kier alpha value is -1.68. The van der Waals surface area contributed by atoms with E-state index in [0.717, 1.165) is 18.7 Å². The zero-order valence-electron chi connectivity index (χ0n) is 11.1. The second-order valence-corrected chi connectivity index (χ2v) is 4.50. The van der Waals surface area contributed by atoms with Crippen LogP contribution in [0, 0.1) is 16.0 Å². The molecule has 4 nitrogen and oxygen atoms in total. The third-order valence-electron chi connectivity index (χ3n) is 2.78. The van der Waals surface area contributed by atoms with Gasteiger partial charge in [-0.15, -0.1) is 0 Å². The van der Waals surface area contributed by atoms with Crippen LogP contribution in [0.4, 0.5) is 5.69 Å². The van der Waals surface area contributed by atoms with Crippen molar-refractivity contribution in [2.24, 2.45) is 5.92 Å². The molecule has 0 heterocycles. The van der Waals surface area contributed by atoms with Crippen LogP contribution < -0.4 is 5.32 Å². The first kappa shape index (κ1) is 14.4. The van der Waals surface area contributed by atoms with Gasteiger partial charge in [-0.25, -0.2) is 0 Å². The molecule has 0 unspecified atom stereocenters. The summed E-state index contributed by atoms with van der Waals surface area (Å²) in [6, 6.07) is 6.65. The van der Waals surface area contributed by atoms with Crippen LogP contribution in [0.5, 0.6) is 0 Å². The number of likely N-dealkylation sites (N-methyl/N-ethyl adjacent to an activating group) is 1. The van der Waals surface area contributed by atoms with Gasteiger partial charge in [0.05, 0.1) is 4.92 Å². The van der Waals surface area contributed by atoms with E-state index in [1.54, 1.807) is 12.1 Å². The molecule has 0 spiro atoms. The van der Waals surface area contributed by atoms with Crippen LogP contribution in [-0.2, 0) is 0 Å². The fourth-order valence-electron chi connectivity index (χ4n) is 1.60. The van der Waals surface area contributed by atoms with Crippen molar-refractivity contribution in [1.82, 2.24) is 5.32 Å². The molecule has 0 fully saturated rings. The molecule has 0 aliphatic carbocycles. The number of benzene rings is 1. The summed E-state index contributed by atoms with van der Waals surface area (Å²) >= 11 is 0. The first-order valence-electron chi connectivity index (χ1n) is 6.20. The smallest absolute Gasteiger partial charge is 0.269 e. The third kappa shape index (κ3) is 4.30. The first-order valence-corrected chi connectivity index (χ1v) is 6.20. The second-order valence-electron chi connectivity index (χ2n) is 4.50. The predicted molar refractivity (Wildman–Crippen MR) is 74.5 cm³/mol. The third-order valence-corrected chi connectivity index (χ3v) is 2.78. The van der Waals surface area contributed by atoms with E-state index in [9.17, 15) is 10.1 Å². The van der Waals surface area contributed by atoms with Gasteiger partial charge >= 0.3 is 0 Å². The molecule has 0 bridgehead atoms. The number of nitro benzene ring substituents is 1. The molecule has 0 amide bonds. The Morgan fingerprint density at radius 1 is 1.39 bits per heavy atom. The van der Waals surface area contributed by atoms with Crippen molar-refractivity contribution >= 4 is 11.8 Å². The number of rotatable bonds is 6. The summed E-state index contributed by atoms with van der Waals surface area (Å²) in [6.07, 6.45) is 2.09. The van der Waals surface area contributed by atoms with Gasteiger partial charge in [0.25, 0.3) is 5.69 Å². The predicted octanol–water partition coefficient (Wildman–Crippen LogP) is 3.24. The van der Waals surface area contributed by atoms with E-state index in [0.29, 0.717) is 5.92 Å². The summed E-state index contributed by atoms with van der Waals surface area (Å²) in [5, 5.41) is 13.9. The topological polar surface area (TPSA) is 55.2 Å². The lowest BCUT2D eigenvalue weighted by atomic mass is 10.00. The SMILES string of the molecule is CCNCC(=Cc1ccc([N+](=O)[O-])cc1)C(C)C. The lowest BCUT2D eigenvalue weighted by Crippen LogP contribution is -2.18. The van der Waals surface area contributed by atoms with Crippen molar-refractivity contribution < 1.29 is 4.92 Å². The molecule has 0 aliphatic heterocycles. The molecule has 0 atom stereocenters. The van der Waals surface area contributed by atoms with Crippen LogP contribution in [0.1, 0.15) is 26.3 Å². The Bertz CT molecular complexity index is 422. The lowest BCUT2D eigenvalue weighted by Gasteiger charge is -2.12. The average Bonchev–Trinajstić information content (AvgIpc) is 2.34. The van der Waals surface area contributed by atoms with Gasteiger partial charge in [-0.2, -0.15) is 0 Å². The maximum Gasteiger partial charge on any atom is 0.269 e. The molecule has 0 saturated carbocycles. The van der Waals surface area contributed by atoms with Crippen molar-refractivity contribution in [3.05, 3.63) is 45.5 Å². The zero-order chi connectivity index (χ0) is 13.5. The minimum atomic E-state index is -0.379. The molecule has 1 aromatic rings. The summed E-state index contributed by atoms with van der Waals surface area (Å²) in [5.74, 6) is 0.458. The highest BCUT2D eigenvalue weighted by atomic mass is 16.6. The van der Waals surface area contributed by atoms with Crippen LogP contribution in [0.25, 0.3) is 6.08 Å². The van der Waals surface area contributed by atoms with Gasteiger partial charge in [0.1, 0.15) is 0 Å². The van der Waals surface area contributed by atoms with E-state index in [4.69, 9.17) is 0 Å². The van der Waals surface area contributed by atoms with E-state index in [1.165, 1.54) is 17.7 Å². The standard InChI is InChI=1S/C14H20N2O2/c1-4-15-10-13(11(2)3)9-12-5-7-14(8-6-12)16(17)18/h5-9,11,15H,4,10H2,1-3H3. The summed E-state index contributed by atoms with van der Waals surface area (Å²) in [5.41, 5.74) is 2.43. The van der Waals surface area contributed by atoms with Crippen LogP contribution in [0.2, 0.25) is 0 Å². The van der Waals surface area contributed by atoms with E-state index in [1.807, 2.05) is 0 Å². The number of nitrogens with zero attached hydrogens (tertiary/aromatic N) is 1. The van der Waals surface area contributed by atoms with Crippen molar-refractivity contribution in [3.8, 4) is 0 Å². The van der Waals surface area contributed by atoms with Crippen molar-refractivity contribution in [1.29, 1.82) is 0 Å². The van der Waals surface area contributed by atoms with Gasteiger partial charge in [0, 0.05) is 18.7 Å². The Balaban J connectivity index is 2.87. The summed E-state index contributed by atoms with van der Waals surface area (Å²) in [4.78, 5) is 10.2. The number of nitro groups is 1. The normalized spacial score (nSPS) is 11.9. The Labute approximate surface area is 108 Å². The molecule has 1 rings (SSSR count). The number of nitrogens with one attached hydrogen (secondary N) is 1. The largest absolute Gasteiger partial charge is 0.313 e. The summed E-state index contributed by atoms with van der Waals surface area (Å²) < 4.78 is 0. The molecule has 0 radical (unpaired) electrons. The molecule has 0 aliphatic rings. The molecule has 1 N–H and O–H groups in total. The molecule has 98 valence electrons. The van der Waals surface area contributed by atoms with Crippen LogP contribution in [-0.4, -0.2) is 18.0 Å². The zero-order valence-corrected chi connectivity index (χ0v) is 11.1. The summed E-state index contributed by atoms with van der Waals surface area (Å²) in [7, 11) is 0. The number of hydrogen-bond donors (Lipinski definition) is 1. The van der Waals surface area contributed by atoms with Gasteiger partial charge in [0.15, 0.2) is 0 Å². The molecule has 18 heavy (non-hydrogen) atoms. The minimum Gasteiger partial charge on any atom is -0.313 e. The highest BCUT2D eigenvalue weighted by Crippen LogP contribution is 2.17. The van der Waals surface area contributed by atoms with Gasteiger partial charge in [-0.05, 0) is 30.2 Å². The van der Waals surface area contributed by atoms with Gasteiger partial charge in [-0.3, -0.25) is 10.1 Å². The van der Waals surface area contributed by atoms with Crippen LogP contribution >= 0.6 is 0 Å². The van der Waals surface area contributed by atoms with Gasteiger partial charge in [-0.1, -0.05) is 32.4 Å². The van der Waals surface area contributed by atoms with Crippen molar-refractivity contribution in [3.63, 3.8) is 0 Å². The molecule has 4 heteroatoms. The van der Waals surface area contributed by atoms with E-state index in [2.05, 4.69) is 32.2 Å². The highest BCUT2D eigenvalue weighted by molar-refractivity contribution is 5.55. The Morgan fingerprint density at radius 2 is 2.00 bits per heavy atom. The number of hydrogen-bond acceptors (Lipinski definition) is 3. The number of non-ortho nitro benzene ring substituents is 1. The quantitative estimate of drug-likeness (QED) is 0.621. The van der Waals surface area contributed by atoms with Gasteiger partial charge < -0.3 is 5.32 Å². The highest BCUT2D eigenvalue weighted by Gasteiger charge is 2.05. The fraction of sp³-hybridized carbons (Fsp3) is 0.429. The Kier molecular flexibility index (Phi) is 5.52. The lowest BCUT2D eigenvalue weighted by molar-refractivity contribution is -0.384. The molecule has 1 aromatic carbocycles. The van der Waals surface area contributed by atoms with E-state index in [-0.39, 0.29) is 10.6 Å². The van der Waals surface area contributed by atoms with Crippen LogP contribution in [0.15, 0.2) is 29.8 Å². The fourth-order valence-corrected chi connectivity index (χ4v) is 1.60. The maximum atomic E-state index is 10.6. The average molecular weight is 248 g/mol. The van der Waals surface area contributed by atoms with Crippen molar-refractivity contribution in [2.75, 3.05) is 13.1 Å². The first-order chi connectivity index (χ1) is 8.54.